The first kappa shape index (κ1) is 20.5. The highest BCUT2D eigenvalue weighted by Gasteiger charge is 2.06. The Kier molecular flexibility index (Phi) is 8.38. The molecule has 0 saturated carbocycles. The average molecular weight is 385 g/mol. The molecule has 2 aromatic rings. The monoisotopic (exact) mass is 385 g/mol. The van der Waals surface area contributed by atoms with Crippen LogP contribution in [0, 0.1) is 0 Å². The van der Waals surface area contributed by atoms with Gasteiger partial charge < -0.3 is 16.0 Å². The number of carbonyl (C=O) groups is 3. The first-order valence-corrected chi connectivity index (χ1v) is 9.74. The van der Waals surface area contributed by atoms with E-state index in [1.165, 1.54) is 18.7 Å². The molecule has 3 amide bonds. The Morgan fingerprint density at radius 1 is 0.889 bits per heavy atom. The van der Waals surface area contributed by atoms with Gasteiger partial charge in [-0.25, -0.2) is 0 Å². The van der Waals surface area contributed by atoms with Crippen LogP contribution in [0.1, 0.15) is 22.8 Å². The Morgan fingerprint density at radius 3 is 2.22 bits per heavy atom. The molecule has 0 aliphatic carbocycles. The molecule has 0 aromatic heterocycles. The summed E-state index contributed by atoms with van der Waals surface area (Å²) in [6.45, 7) is 2.22. The van der Waals surface area contributed by atoms with Gasteiger partial charge in [0, 0.05) is 37.0 Å². The molecule has 3 N–H and O–H groups in total. The number of thioether (sulfide) groups is 1. The number of para-hydroxylation sites is 1. The van der Waals surface area contributed by atoms with Gasteiger partial charge >= 0.3 is 0 Å². The summed E-state index contributed by atoms with van der Waals surface area (Å²) in [4.78, 5) is 34.7. The fraction of sp³-hybridized carbons (Fsp3) is 0.250. The maximum atomic E-state index is 12.0. The summed E-state index contributed by atoms with van der Waals surface area (Å²) in [5.74, 6) is 0.708. The lowest BCUT2D eigenvalue weighted by molar-refractivity contribution is -0.119. The van der Waals surface area contributed by atoms with E-state index < -0.39 is 0 Å². The van der Waals surface area contributed by atoms with Crippen molar-refractivity contribution in [3.63, 3.8) is 0 Å². The molecule has 0 radical (unpaired) electrons. The fourth-order valence-corrected chi connectivity index (χ4v) is 3.04. The lowest BCUT2D eigenvalue weighted by Crippen LogP contribution is -2.33. The Bertz CT molecular complexity index is 764. The molecule has 0 aliphatic rings. The number of amides is 3. The molecule has 6 nitrogen and oxygen atoms in total. The SMILES string of the molecule is CC(=O)NCCNC(=O)c1ccc(CSCC(=O)Nc2ccccc2)cc1. The van der Waals surface area contributed by atoms with E-state index in [4.69, 9.17) is 0 Å². The standard InChI is InChI=1S/C20H23N3O3S/c1-15(24)21-11-12-22-20(26)17-9-7-16(8-10-17)13-27-14-19(25)23-18-5-3-2-4-6-18/h2-10H,11-14H2,1H3,(H,21,24)(H,22,26)(H,23,25). The van der Waals surface area contributed by atoms with Gasteiger partial charge in [-0.1, -0.05) is 30.3 Å². The Balaban J connectivity index is 1.69. The van der Waals surface area contributed by atoms with Crippen LogP contribution >= 0.6 is 11.8 Å². The Morgan fingerprint density at radius 2 is 1.56 bits per heavy atom. The minimum absolute atomic E-state index is 0.0404. The summed E-state index contributed by atoms with van der Waals surface area (Å²) in [6, 6.07) is 16.6. The number of carbonyl (C=O) groups excluding carboxylic acids is 3. The Labute approximate surface area is 163 Å². The zero-order valence-corrected chi connectivity index (χ0v) is 16.0. The van der Waals surface area contributed by atoms with Crippen LogP contribution in [0.2, 0.25) is 0 Å². The highest BCUT2D eigenvalue weighted by Crippen LogP contribution is 2.14. The van der Waals surface area contributed by atoms with E-state index in [1.54, 1.807) is 12.1 Å². The third-order valence-corrected chi connectivity index (χ3v) is 4.56. The average Bonchev–Trinajstić information content (AvgIpc) is 2.66. The van der Waals surface area contributed by atoms with Crippen LogP contribution in [-0.4, -0.2) is 36.6 Å². The summed E-state index contributed by atoms with van der Waals surface area (Å²) >= 11 is 1.51. The molecular weight excluding hydrogens is 362 g/mol. The number of benzene rings is 2. The van der Waals surface area contributed by atoms with Crippen molar-refractivity contribution >= 4 is 35.2 Å². The summed E-state index contributed by atoms with van der Waals surface area (Å²) in [6.07, 6.45) is 0. The smallest absolute Gasteiger partial charge is 0.251 e. The third kappa shape index (κ3) is 7.96. The van der Waals surface area contributed by atoms with E-state index in [0.29, 0.717) is 30.2 Å². The van der Waals surface area contributed by atoms with Crippen LogP contribution in [-0.2, 0) is 15.3 Å². The number of anilines is 1. The minimum Gasteiger partial charge on any atom is -0.355 e. The molecule has 7 heteroatoms. The van der Waals surface area contributed by atoms with E-state index in [1.807, 2.05) is 42.5 Å². The summed E-state index contributed by atoms with van der Waals surface area (Å²) in [5.41, 5.74) is 2.40. The first-order chi connectivity index (χ1) is 13.0. The maximum Gasteiger partial charge on any atom is 0.251 e. The highest BCUT2D eigenvalue weighted by molar-refractivity contribution is 7.99. The van der Waals surface area contributed by atoms with Crippen molar-refractivity contribution in [2.24, 2.45) is 0 Å². The molecular formula is C20H23N3O3S. The predicted molar refractivity (Wildman–Crippen MR) is 109 cm³/mol. The normalized spacial score (nSPS) is 10.1. The fourth-order valence-electron chi connectivity index (χ4n) is 2.25. The molecule has 2 aromatic carbocycles. The van der Waals surface area contributed by atoms with E-state index in [0.717, 1.165) is 11.3 Å². The molecule has 0 heterocycles. The topological polar surface area (TPSA) is 87.3 Å². The molecule has 142 valence electrons. The van der Waals surface area contributed by atoms with Crippen LogP contribution in [0.3, 0.4) is 0 Å². The second-order valence-electron chi connectivity index (χ2n) is 5.84. The lowest BCUT2D eigenvalue weighted by Gasteiger charge is -2.07. The maximum absolute atomic E-state index is 12.0. The highest BCUT2D eigenvalue weighted by atomic mass is 32.2. The van der Waals surface area contributed by atoms with E-state index in [-0.39, 0.29) is 17.7 Å². The van der Waals surface area contributed by atoms with Gasteiger partial charge in [0.25, 0.3) is 5.91 Å². The largest absolute Gasteiger partial charge is 0.355 e. The van der Waals surface area contributed by atoms with Gasteiger partial charge in [0.15, 0.2) is 0 Å². The van der Waals surface area contributed by atoms with Crippen LogP contribution in [0.25, 0.3) is 0 Å². The molecule has 0 bridgehead atoms. The van der Waals surface area contributed by atoms with Crippen LogP contribution in [0.4, 0.5) is 5.69 Å². The predicted octanol–water partition coefficient (Wildman–Crippen LogP) is 2.42. The molecule has 0 aliphatic heterocycles. The van der Waals surface area contributed by atoms with Crippen molar-refractivity contribution in [1.82, 2.24) is 10.6 Å². The molecule has 0 fully saturated rings. The van der Waals surface area contributed by atoms with Gasteiger partial charge in [0.2, 0.25) is 11.8 Å². The lowest BCUT2D eigenvalue weighted by atomic mass is 10.1. The van der Waals surface area contributed by atoms with Gasteiger partial charge in [0.1, 0.15) is 0 Å². The van der Waals surface area contributed by atoms with Crippen molar-refractivity contribution < 1.29 is 14.4 Å². The van der Waals surface area contributed by atoms with Gasteiger partial charge in [-0.05, 0) is 29.8 Å². The third-order valence-electron chi connectivity index (χ3n) is 3.56. The zero-order chi connectivity index (χ0) is 19.5. The zero-order valence-electron chi connectivity index (χ0n) is 15.2. The van der Waals surface area contributed by atoms with Crippen molar-refractivity contribution in [1.29, 1.82) is 0 Å². The second kappa shape index (κ2) is 11.0. The van der Waals surface area contributed by atoms with E-state index in [2.05, 4.69) is 16.0 Å². The van der Waals surface area contributed by atoms with Gasteiger partial charge in [-0.3, -0.25) is 14.4 Å². The van der Waals surface area contributed by atoms with Crippen LogP contribution in [0.15, 0.2) is 54.6 Å². The van der Waals surface area contributed by atoms with Crippen molar-refractivity contribution in [2.45, 2.75) is 12.7 Å². The molecule has 0 spiro atoms. The quantitative estimate of drug-likeness (QED) is 0.579. The summed E-state index contributed by atoms with van der Waals surface area (Å²) in [7, 11) is 0. The summed E-state index contributed by atoms with van der Waals surface area (Å²) in [5, 5.41) is 8.21. The number of rotatable bonds is 9. The van der Waals surface area contributed by atoms with Crippen molar-refractivity contribution in [3.8, 4) is 0 Å². The van der Waals surface area contributed by atoms with Gasteiger partial charge in [0.05, 0.1) is 5.75 Å². The van der Waals surface area contributed by atoms with Crippen molar-refractivity contribution in [2.75, 3.05) is 24.2 Å². The number of hydrogen-bond donors (Lipinski definition) is 3. The van der Waals surface area contributed by atoms with E-state index in [9.17, 15) is 14.4 Å². The van der Waals surface area contributed by atoms with Crippen LogP contribution in [0.5, 0.6) is 0 Å². The van der Waals surface area contributed by atoms with E-state index >= 15 is 0 Å². The summed E-state index contributed by atoms with van der Waals surface area (Å²) < 4.78 is 0. The van der Waals surface area contributed by atoms with Gasteiger partial charge in [-0.2, -0.15) is 0 Å². The van der Waals surface area contributed by atoms with Crippen molar-refractivity contribution in [3.05, 3.63) is 65.7 Å². The molecule has 0 atom stereocenters. The molecule has 0 saturated heterocycles. The minimum atomic E-state index is -0.179. The molecule has 2 rings (SSSR count). The second-order valence-corrected chi connectivity index (χ2v) is 6.83. The molecule has 27 heavy (non-hydrogen) atoms. The Hall–Kier alpha value is -2.80. The number of nitrogens with one attached hydrogen (secondary N) is 3. The number of hydrogen-bond acceptors (Lipinski definition) is 4. The van der Waals surface area contributed by atoms with Gasteiger partial charge in [-0.15, -0.1) is 11.8 Å². The molecule has 0 unspecified atom stereocenters. The van der Waals surface area contributed by atoms with Crippen LogP contribution < -0.4 is 16.0 Å². The first-order valence-electron chi connectivity index (χ1n) is 8.59.